The quantitative estimate of drug-likeness (QED) is 0.171. The molecular formula is C25H44O2. The van der Waals surface area contributed by atoms with Crippen LogP contribution < -0.4 is 0 Å². The van der Waals surface area contributed by atoms with Crippen LogP contribution in [0.15, 0.2) is 48.6 Å². The van der Waals surface area contributed by atoms with E-state index in [2.05, 4.69) is 55.5 Å². The van der Waals surface area contributed by atoms with E-state index in [9.17, 15) is 0 Å². The Balaban J connectivity index is 3.32. The van der Waals surface area contributed by atoms with Gasteiger partial charge in [0.05, 0.1) is 19.3 Å². The summed E-state index contributed by atoms with van der Waals surface area (Å²) in [4.78, 5) is 0. The number of unbranched alkanes of at least 4 members (excludes halogenated alkanes) is 5. The smallest absolute Gasteiger partial charge is 0.0703 e. The Bertz CT molecular complexity index is 391. The highest BCUT2D eigenvalue weighted by atomic mass is 16.5. The molecule has 0 rings (SSSR count). The molecule has 0 amide bonds. The molecule has 0 aromatic rings. The molecule has 0 aromatic heterocycles. The summed E-state index contributed by atoms with van der Waals surface area (Å²) < 4.78 is 11.0. The molecule has 0 saturated heterocycles. The fourth-order valence-electron chi connectivity index (χ4n) is 2.47. The first-order valence-corrected chi connectivity index (χ1v) is 11.1. The topological polar surface area (TPSA) is 18.5 Å². The second-order valence-corrected chi connectivity index (χ2v) is 7.12. The SMILES string of the molecule is CCCCC/C=C\C/C=C\C/C=C\C/C=C\CCCCOCCOC(C)C. The Labute approximate surface area is 169 Å². The van der Waals surface area contributed by atoms with E-state index in [1.807, 2.05) is 13.8 Å². The average Bonchev–Trinajstić information content (AvgIpc) is 2.65. The molecule has 27 heavy (non-hydrogen) atoms. The summed E-state index contributed by atoms with van der Waals surface area (Å²) in [5, 5.41) is 0. The second kappa shape index (κ2) is 22.9. The molecule has 0 fully saturated rings. The van der Waals surface area contributed by atoms with Gasteiger partial charge in [0.15, 0.2) is 0 Å². The lowest BCUT2D eigenvalue weighted by Crippen LogP contribution is -2.09. The number of allylic oxidation sites excluding steroid dienone is 8. The number of rotatable bonds is 19. The molecule has 2 heteroatoms. The van der Waals surface area contributed by atoms with Gasteiger partial charge < -0.3 is 9.47 Å². The number of ether oxygens (including phenoxy) is 2. The molecule has 156 valence electrons. The van der Waals surface area contributed by atoms with E-state index in [1.165, 1.54) is 32.1 Å². The second-order valence-electron chi connectivity index (χ2n) is 7.12. The summed E-state index contributed by atoms with van der Waals surface area (Å²) in [5.74, 6) is 0. The monoisotopic (exact) mass is 376 g/mol. The Morgan fingerprint density at radius 2 is 1.11 bits per heavy atom. The molecule has 0 aliphatic rings. The Morgan fingerprint density at radius 3 is 1.63 bits per heavy atom. The van der Waals surface area contributed by atoms with Crippen LogP contribution >= 0.6 is 0 Å². The third-order valence-electron chi connectivity index (χ3n) is 4.05. The van der Waals surface area contributed by atoms with Gasteiger partial charge in [-0.05, 0) is 65.2 Å². The molecule has 0 aliphatic carbocycles. The minimum absolute atomic E-state index is 0.297. The summed E-state index contributed by atoms with van der Waals surface area (Å²) in [6.07, 6.45) is 30.3. The normalized spacial score (nSPS) is 12.7. The Kier molecular flexibility index (Phi) is 22.0. The highest BCUT2D eigenvalue weighted by Crippen LogP contribution is 2.01. The summed E-state index contributed by atoms with van der Waals surface area (Å²) in [5.41, 5.74) is 0. The number of hydrogen-bond donors (Lipinski definition) is 0. The van der Waals surface area contributed by atoms with Crippen molar-refractivity contribution in [2.75, 3.05) is 19.8 Å². The Hall–Kier alpha value is -1.12. The molecule has 0 aromatic carbocycles. The van der Waals surface area contributed by atoms with Crippen LogP contribution in [0, 0.1) is 0 Å². The summed E-state index contributed by atoms with van der Waals surface area (Å²) in [6.45, 7) is 8.60. The van der Waals surface area contributed by atoms with Crippen molar-refractivity contribution in [3.63, 3.8) is 0 Å². The van der Waals surface area contributed by atoms with E-state index in [4.69, 9.17) is 9.47 Å². The first-order chi connectivity index (χ1) is 13.3. The van der Waals surface area contributed by atoms with Crippen molar-refractivity contribution in [3.8, 4) is 0 Å². The number of hydrogen-bond acceptors (Lipinski definition) is 2. The van der Waals surface area contributed by atoms with Gasteiger partial charge in [-0.1, -0.05) is 68.4 Å². The fourth-order valence-corrected chi connectivity index (χ4v) is 2.47. The van der Waals surface area contributed by atoms with Gasteiger partial charge in [0.25, 0.3) is 0 Å². The van der Waals surface area contributed by atoms with Gasteiger partial charge in [-0.3, -0.25) is 0 Å². The minimum atomic E-state index is 0.297. The fraction of sp³-hybridized carbons (Fsp3) is 0.680. The van der Waals surface area contributed by atoms with Crippen LogP contribution in [0.1, 0.15) is 85.0 Å². The third-order valence-corrected chi connectivity index (χ3v) is 4.05. The standard InChI is InChI=1S/C25H44O2/c1-4-5-6-7-8-9-10-11-12-13-14-15-16-17-18-19-20-21-22-26-23-24-27-25(2)3/h8-9,11-12,14-15,17-18,25H,4-7,10,13,16,19-24H2,1-3H3/b9-8-,12-11-,15-14-,18-17-. The molecule has 0 spiro atoms. The zero-order valence-electron chi connectivity index (χ0n) is 18.2. The highest BCUT2D eigenvalue weighted by Gasteiger charge is 1.93. The van der Waals surface area contributed by atoms with Crippen molar-refractivity contribution < 1.29 is 9.47 Å². The van der Waals surface area contributed by atoms with Gasteiger partial charge in [0.1, 0.15) is 0 Å². The lowest BCUT2D eigenvalue weighted by molar-refractivity contribution is 0.0188. The molecule has 0 radical (unpaired) electrons. The van der Waals surface area contributed by atoms with Gasteiger partial charge in [0, 0.05) is 6.61 Å². The maximum Gasteiger partial charge on any atom is 0.0703 e. The summed E-state index contributed by atoms with van der Waals surface area (Å²) in [6, 6.07) is 0. The minimum Gasteiger partial charge on any atom is -0.379 e. The Morgan fingerprint density at radius 1 is 0.593 bits per heavy atom. The maximum atomic E-state index is 5.54. The molecule has 0 heterocycles. The van der Waals surface area contributed by atoms with Crippen molar-refractivity contribution in [1.82, 2.24) is 0 Å². The van der Waals surface area contributed by atoms with E-state index in [0.29, 0.717) is 19.3 Å². The molecule has 0 N–H and O–H groups in total. The largest absolute Gasteiger partial charge is 0.379 e. The first kappa shape index (κ1) is 25.9. The molecular weight excluding hydrogens is 332 g/mol. The zero-order valence-corrected chi connectivity index (χ0v) is 18.2. The van der Waals surface area contributed by atoms with Crippen molar-refractivity contribution in [3.05, 3.63) is 48.6 Å². The molecule has 0 saturated carbocycles. The van der Waals surface area contributed by atoms with E-state index in [-0.39, 0.29) is 0 Å². The van der Waals surface area contributed by atoms with Crippen molar-refractivity contribution in [1.29, 1.82) is 0 Å². The molecule has 0 aliphatic heterocycles. The van der Waals surface area contributed by atoms with Crippen LogP contribution in [0.2, 0.25) is 0 Å². The van der Waals surface area contributed by atoms with Gasteiger partial charge >= 0.3 is 0 Å². The van der Waals surface area contributed by atoms with Crippen LogP contribution in [-0.2, 0) is 9.47 Å². The molecule has 2 nitrogen and oxygen atoms in total. The predicted molar refractivity (Wildman–Crippen MR) is 120 cm³/mol. The summed E-state index contributed by atoms with van der Waals surface area (Å²) >= 11 is 0. The van der Waals surface area contributed by atoms with Crippen LogP contribution in [0.3, 0.4) is 0 Å². The third kappa shape index (κ3) is 24.9. The molecule has 0 atom stereocenters. The lowest BCUT2D eigenvalue weighted by Gasteiger charge is -2.07. The van der Waals surface area contributed by atoms with Gasteiger partial charge in [0.2, 0.25) is 0 Å². The highest BCUT2D eigenvalue weighted by molar-refractivity contribution is 4.99. The lowest BCUT2D eigenvalue weighted by atomic mass is 10.2. The maximum absolute atomic E-state index is 5.54. The van der Waals surface area contributed by atoms with Gasteiger partial charge in [-0.2, -0.15) is 0 Å². The van der Waals surface area contributed by atoms with E-state index >= 15 is 0 Å². The van der Waals surface area contributed by atoms with Gasteiger partial charge in [-0.25, -0.2) is 0 Å². The van der Waals surface area contributed by atoms with Crippen LogP contribution in [0.25, 0.3) is 0 Å². The van der Waals surface area contributed by atoms with Crippen LogP contribution in [0.5, 0.6) is 0 Å². The first-order valence-electron chi connectivity index (χ1n) is 11.1. The summed E-state index contributed by atoms with van der Waals surface area (Å²) in [7, 11) is 0. The van der Waals surface area contributed by atoms with Crippen molar-refractivity contribution in [2.45, 2.75) is 91.1 Å². The van der Waals surface area contributed by atoms with Crippen molar-refractivity contribution in [2.24, 2.45) is 0 Å². The van der Waals surface area contributed by atoms with E-state index in [0.717, 1.165) is 38.7 Å². The predicted octanol–water partition coefficient (Wildman–Crippen LogP) is 7.57. The van der Waals surface area contributed by atoms with Crippen LogP contribution in [0.4, 0.5) is 0 Å². The van der Waals surface area contributed by atoms with Crippen LogP contribution in [-0.4, -0.2) is 25.9 Å². The average molecular weight is 377 g/mol. The molecule has 0 bridgehead atoms. The van der Waals surface area contributed by atoms with E-state index in [1.54, 1.807) is 0 Å². The molecule has 0 unspecified atom stereocenters. The zero-order chi connectivity index (χ0) is 19.8. The van der Waals surface area contributed by atoms with Gasteiger partial charge in [-0.15, -0.1) is 0 Å². The van der Waals surface area contributed by atoms with E-state index < -0.39 is 0 Å². The van der Waals surface area contributed by atoms with Crippen molar-refractivity contribution >= 4 is 0 Å².